The molecule has 0 radical (unpaired) electrons. The Morgan fingerprint density at radius 3 is 2.41 bits per heavy atom. The third-order valence-corrected chi connectivity index (χ3v) is 4.43. The highest BCUT2D eigenvalue weighted by atomic mass is 19.1. The number of hydrogen-bond donors (Lipinski definition) is 1. The fraction of sp³-hybridized carbons (Fsp3) is 0.368. The summed E-state index contributed by atoms with van der Waals surface area (Å²) in [6, 6.07) is 6.86. The Labute approximate surface area is 156 Å². The van der Waals surface area contributed by atoms with E-state index in [4.69, 9.17) is 4.42 Å². The second-order valence-electron chi connectivity index (χ2n) is 6.26. The average molecular weight is 376 g/mol. The van der Waals surface area contributed by atoms with E-state index >= 15 is 0 Å². The zero-order valence-corrected chi connectivity index (χ0v) is 15.1. The molecule has 0 spiro atoms. The third-order valence-electron chi connectivity index (χ3n) is 4.43. The Morgan fingerprint density at radius 1 is 1.15 bits per heavy atom. The van der Waals surface area contributed by atoms with E-state index in [1.165, 1.54) is 18.4 Å². The van der Waals surface area contributed by atoms with E-state index < -0.39 is 11.6 Å². The van der Waals surface area contributed by atoms with Crippen LogP contribution < -0.4 is 5.32 Å². The lowest BCUT2D eigenvalue weighted by atomic mass is 10.1. The highest BCUT2D eigenvalue weighted by molar-refractivity contribution is 5.91. The van der Waals surface area contributed by atoms with Crippen molar-refractivity contribution in [1.82, 2.24) is 15.1 Å². The van der Waals surface area contributed by atoms with Crippen LogP contribution in [0, 0.1) is 11.6 Å². The van der Waals surface area contributed by atoms with Crippen LogP contribution in [0.1, 0.15) is 16.1 Å². The van der Waals surface area contributed by atoms with Crippen LogP contribution in [-0.2, 0) is 6.42 Å². The predicted molar refractivity (Wildman–Crippen MR) is 97.6 cm³/mol. The maximum absolute atomic E-state index is 13.2. The fourth-order valence-corrected chi connectivity index (χ4v) is 3.08. The predicted octanol–water partition coefficient (Wildman–Crippen LogP) is 2.13. The summed E-state index contributed by atoms with van der Waals surface area (Å²) in [5.41, 5.74) is 0.587. The summed E-state index contributed by atoms with van der Waals surface area (Å²) in [5, 5.41) is 3.21. The topological polar surface area (TPSA) is 61.1 Å². The SMILES string of the molecule is CN=C(NCCc1cc(F)cc(F)c1)N1CCN(C(=O)c2ccco2)CC1. The molecule has 0 bridgehead atoms. The lowest BCUT2D eigenvalue weighted by Gasteiger charge is -2.36. The van der Waals surface area contributed by atoms with Crippen molar-refractivity contribution in [3.05, 3.63) is 59.6 Å². The molecular weight excluding hydrogens is 354 g/mol. The van der Waals surface area contributed by atoms with Crippen LogP contribution in [0.4, 0.5) is 8.78 Å². The summed E-state index contributed by atoms with van der Waals surface area (Å²) < 4.78 is 31.6. The molecule has 0 saturated carbocycles. The van der Waals surface area contributed by atoms with Crippen LogP contribution in [0.5, 0.6) is 0 Å². The van der Waals surface area contributed by atoms with E-state index in [2.05, 4.69) is 15.2 Å². The maximum atomic E-state index is 13.2. The summed E-state index contributed by atoms with van der Waals surface area (Å²) in [7, 11) is 1.69. The molecule has 8 heteroatoms. The summed E-state index contributed by atoms with van der Waals surface area (Å²) in [6.45, 7) is 2.91. The van der Waals surface area contributed by atoms with Gasteiger partial charge in [-0.1, -0.05) is 0 Å². The molecule has 0 atom stereocenters. The second kappa shape index (κ2) is 8.66. The van der Waals surface area contributed by atoms with E-state index in [0.717, 1.165) is 6.07 Å². The van der Waals surface area contributed by atoms with Crippen molar-refractivity contribution in [2.75, 3.05) is 39.8 Å². The highest BCUT2D eigenvalue weighted by Gasteiger charge is 2.25. The van der Waals surface area contributed by atoms with E-state index in [9.17, 15) is 13.6 Å². The summed E-state index contributed by atoms with van der Waals surface area (Å²) in [4.78, 5) is 20.4. The number of carbonyl (C=O) groups excluding carboxylic acids is 1. The Bertz CT molecular complexity index is 780. The van der Waals surface area contributed by atoms with Gasteiger partial charge in [-0.05, 0) is 36.2 Å². The van der Waals surface area contributed by atoms with Gasteiger partial charge in [0.15, 0.2) is 11.7 Å². The highest BCUT2D eigenvalue weighted by Crippen LogP contribution is 2.10. The number of aliphatic imine (C=N–C) groups is 1. The Hall–Kier alpha value is -2.90. The number of carbonyl (C=O) groups is 1. The van der Waals surface area contributed by atoms with E-state index in [0.29, 0.717) is 56.4 Å². The maximum Gasteiger partial charge on any atom is 0.289 e. The van der Waals surface area contributed by atoms with Gasteiger partial charge in [0.1, 0.15) is 11.6 Å². The lowest BCUT2D eigenvalue weighted by Crippen LogP contribution is -2.54. The normalized spacial score (nSPS) is 15.1. The van der Waals surface area contributed by atoms with Crippen LogP contribution in [0.15, 0.2) is 46.0 Å². The minimum Gasteiger partial charge on any atom is -0.459 e. The van der Waals surface area contributed by atoms with Gasteiger partial charge in [0.2, 0.25) is 0 Å². The largest absolute Gasteiger partial charge is 0.459 e. The van der Waals surface area contributed by atoms with Gasteiger partial charge >= 0.3 is 0 Å². The molecule has 144 valence electrons. The molecule has 2 heterocycles. The lowest BCUT2D eigenvalue weighted by molar-refractivity contribution is 0.0658. The van der Waals surface area contributed by atoms with Gasteiger partial charge in [-0.3, -0.25) is 9.79 Å². The molecule has 1 aliphatic rings. The quantitative estimate of drug-likeness (QED) is 0.656. The first-order chi connectivity index (χ1) is 13.1. The molecule has 1 aliphatic heterocycles. The van der Waals surface area contributed by atoms with Crippen LogP contribution in [0.3, 0.4) is 0 Å². The average Bonchev–Trinajstić information content (AvgIpc) is 3.19. The van der Waals surface area contributed by atoms with Gasteiger partial charge in [0.25, 0.3) is 5.91 Å². The van der Waals surface area contributed by atoms with E-state index in [-0.39, 0.29) is 5.91 Å². The van der Waals surface area contributed by atoms with Crippen LogP contribution >= 0.6 is 0 Å². The van der Waals surface area contributed by atoms with Crippen molar-refractivity contribution in [1.29, 1.82) is 0 Å². The van der Waals surface area contributed by atoms with Gasteiger partial charge in [-0.15, -0.1) is 0 Å². The number of rotatable bonds is 4. The molecule has 1 N–H and O–H groups in total. The number of halogens is 2. The van der Waals surface area contributed by atoms with Gasteiger partial charge in [0.05, 0.1) is 6.26 Å². The van der Waals surface area contributed by atoms with Gasteiger partial charge in [0, 0.05) is 45.8 Å². The molecule has 1 amide bonds. The monoisotopic (exact) mass is 376 g/mol. The Kier molecular flexibility index (Phi) is 6.05. The molecule has 1 aromatic carbocycles. The summed E-state index contributed by atoms with van der Waals surface area (Å²) in [6.07, 6.45) is 1.96. The number of nitrogens with zero attached hydrogens (tertiary/aromatic N) is 3. The number of nitrogens with one attached hydrogen (secondary N) is 1. The molecule has 6 nitrogen and oxygen atoms in total. The zero-order chi connectivity index (χ0) is 19.2. The summed E-state index contributed by atoms with van der Waals surface area (Å²) in [5.74, 6) is -0.223. The molecule has 0 aliphatic carbocycles. The molecule has 1 aromatic heterocycles. The first-order valence-electron chi connectivity index (χ1n) is 8.80. The first-order valence-corrected chi connectivity index (χ1v) is 8.80. The summed E-state index contributed by atoms with van der Waals surface area (Å²) >= 11 is 0. The number of furan rings is 1. The minimum atomic E-state index is -0.577. The number of piperazine rings is 1. The molecule has 2 aromatic rings. The molecule has 27 heavy (non-hydrogen) atoms. The van der Waals surface area contributed by atoms with Crippen LogP contribution in [0.2, 0.25) is 0 Å². The molecular formula is C19H22F2N4O2. The van der Waals surface area contributed by atoms with Crippen molar-refractivity contribution < 1.29 is 18.0 Å². The number of guanidine groups is 1. The first kappa shape index (κ1) is 18.9. The fourth-order valence-electron chi connectivity index (χ4n) is 3.08. The molecule has 1 saturated heterocycles. The Morgan fingerprint density at radius 2 is 1.81 bits per heavy atom. The number of benzene rings is 1. The van der Waals surface area contributed by atoms with Crippen molar-refractivity contribution in [3.8, 4) is 0 Å². The third kappa shape index (κ3) is 4.84. The zero-order valence-electron chi connectivity index (χ0n) is 15.1. The van der Waals surface area contributed by atoms with Crippen molar-refractivity contribution >= 4 is 11.9 Å². The van der Waals surface area contributed by atoms with Crippen LogP contribution in [-0.4, -0.2) is 61.4 Å². The van der Waals surface area contributed by atoms with Crippen molar-refractivity contribution in [2.24, 2.45) is 4.99 Å². The standard InChI is InChI=1S/C19H22F2N4O2/c1-22-19(23-5-4-14-11-15(20)13-16(21)12-14)25-8-6-24(7-9-25)18(26)17-3-2-10-27-17/h2-3,10-13H,4-9H2,1H3,(H,22,23). The van der Waals surface area contributed by atoms with Crippen molar-refractivity contribution in [2.45, 2.75) is 6.42 Å². The van der Waals surface area contributed by atoms with E-state index in [1.54, 1.807) is 24.1 Å². The number of hydrogen-bond acceptors (Lipinski definition) is 3. The number of amides is 1. The molecule has 3 rings (SSSR count). The second-order valence-corrected chi connectivity index (χ2v) is 6.26. The molecule has 0 unspecified atom stereocenters. The van der Waals surface area contributed by atoms with Crippen molar-refractivity contribution in [3.63, 3.8) is 0 Å². The minimum absolute atomic E-state index is 0.115. The smallest absolute Gasteiger partial charge is 0.289 e. The van der Waals surface area contributed by atoms with Crippen LogP contribution in [0.25, 0.3) is 0 Å². The van der Waals surface area contributed by atoms with Gasteiger partial charge < -0.3 is 19.5 Å². The van der Waals surface area contributed by atoms with Gasteiger partial charge in [-0.25, -0.2) is 8.78 Å². The van der Waals surface area contributed by atoms with Gasteiger partial charge in [-0.2, -0.15) is 0 Å². The molecule has 1 fully saturated rings. The Balaban J connectivity index is 1.48. The van der Waals surface area contributed by atoms with E-state index in [1.807, 2.05) is 0 Å².